The second-order valence-corrected chi connectivity index (χ2v) is 15.2. The molecule has 6 rings (SSSR count). The van der Waals surface area contributed by atoms with Gasteiger partial charge in [-0.05, 0) is 88.4 Å². The lowest BCUT2D eigenvalue weighted by molar-refractivity contribution is -0.205. The Bertz CT molecular complexity index is 975. The lowest BCUT2D eigenvalue weighted by Gasteiger charge is -2.62. The van der Waals surface area contributed by atoms with Crippen LogP contribution < -0.4 is 0 Å². The van der Waals surface area contributed by atoms with E-state index in [1.54, 1.807) is 0 Å². The molecule has 196 valence electrons. The molecule has 6 aliphatic rings. The number of aliphatic hydroxyl groups excluding tert-OH is 1. The Morgan fingerprint density at radius 2 is 1.83 bits per heavy atom. The van der Waals surface area contributed by atoms with E-state index in [9.17, 15) is 14.7 Å². The van der Waals surface area contributed by atoms with Crippen LogP contribution in [0, 0.1) is 39.9 Å². The molecule has 2 aliphatic heterocycles. The van der Waals surface area contributed by atoms with Crippen molar-refractivity contribution in [1.82, 2.24) is 0 Å². The standard InChI is InChI=1S/C29H43ClO5/c1-16(7-8-21(32)24(3,4)30)18-9-12-27-23(33)35-28(14-13-25(18,27)5)26(6)11-10-20(31)17(2)19(26)15-22-29(27,28)34-22/h16-19,21-22,32H,7-15H2,1-6H3/t16-,17+,18-,19+,21?,22+,25-,26+,27+,28+,29-/m1/s1. The Hall–Kier alpha value is -0.650. The molecule has 6 heteroatoms. The van der Waals surface area contributed by atoms with Crippen LogP contribution in [0.2, 0.25) is 0 Å². The summed E-state index contributed by atoms with van der Waals surface area (Å²) in [6.07, 6.45) is 6.90. The first-order valence-electron chi connectivity index (χ1n) is 14.0. The van der Waals surface area contributed by atoms with E-state index in [0.717, 1.165) is 44.9 Å². The number of esters is 1. The van der Waals surface area contributed by atoms with Crippen LogP contribution in [0.5, 0.6) is 0 Å². The van der Waals surface area contributed by atoms with Gasteiger partial charge in [-0.2, -0.15) is 0 Å². The Morgan fingerprint density at radius 1 is 1.11 bits per heavy atom. The fourth-order valence-corrected chi connectivity index (χ4v) is 10.8. The number of carbonyl (C=O) groups excluding carboxylic acids is 2. The van der Waals surface area contributed by atoms with Gasteiger partial charge < -0.3 is 14.6 Å². The number of hydrogen-bond donors (Lipinski definition) is 1. The van der Waals surface area contributed by atoms with Crippen LogP contribution in [0.15, 0.2) is 0 Å². The van der Waals surface area contributed by atoms with Crippen molar-refractivity contribution in [1.29, 1.82) is 0 Å². The van der Waals surface area contributed by atoms with Gasteiger partial charge in [-0.1, -0.05) is 27.7 Å². The van der Waals surface area contributed by atoms with E-state index in [-0.39, 0.29) is 34.7 Å². The van der Waals surface area contributed by atoms with Gasteiger partial charge in [0.05, 0.1) is 17.1 Å². The minimum absolute atomic E-state index is 0.00264. The van der Waals surface area contributed by atoms with Gasteiger partial charge in [-0.25, -0.2) is 0 Å². The van der Waals surface area contributed by atoms with Gasteiger partial charge in [0.2, 0.25) is 0 Å². The molecule has 4 saturated carbocycles. The van der Waals surface area contributed by atoms with E-state index in [1.165, 1.54) is 0 Å². The smallest absolute Gasteiger partial charge is 0.316 e. The van der Waals surface area contributed by atoms with Crippen molar-refractivity contribution in [3.63, 3.8) is 0 Å². The van der Waals surface area contributed by atoms with E-state index < -0.39 is 27.6 Å². The quantitative estimate of drug-likeness (QED) is 0.305. The van der Waals surface area contributed by atoms with Crippen LogP contribution in [-0.4, -0.2) is 45.1 Å². The maximum absolute atomic E-state index is 14.2. The topological polar surface area (TPSA) is 76.1 Å². The monoisotopic (exact) mass is 506 g/mol. The average Bonchev–Trinajstić information content (AvgIpc) is 3.37. The predicted octanol–water partition coefficient (Wildman–Crippen LogP) is 5.44. The number of Topliss-reactive ketones (excluding diaryl/α,β-unsaturated/α-hetero) is 1. The maximum atomic E-state index is 14.2. The molecule has 0 aromatic carbocycles. The summed E-state index contributed by atoms with van der Waals surface area (Å²) in [6.45, 7) is 12.8. The van der Waals surface area contributed by atoms with Crippen LogP contribution in [0.4, 0.5) is 0 Å². The van der Waals surface area contributed by atoms with Crippen LogP contribution >= 0.6 is 11.6 Å². The molecule has 35 heavy (non-hydrogen) atoms. The summed E-state index contributed by atoms with van der Waals surface area (Å²) in [7, 11) is 0. The third kappa shape index (κ3) is 2.55. The summed E-state index contributed by atoms with van der Waals surface area (Å²) in [5.41, 5.74) is -2.12. The molecule has 2 saturated heterocycles. The first kappa shape index (κ1) is 24.7. The van der Waals surface area contributed by atoms with Crippen LogP contribution in [-0.2, 0) is 19.1 Å². The van der Waals surface area contributed by atoms with E-state index in [0.29, 0.717) is 30.5 Å². The molecular formula is C29H43ClO5. The number of halogens is 1. The lowest BCUT2D eigenvalue weighted by atomic mass is 9.38. The highest BCUT2D eigenvalue weighted by Crippen LogP contribution is 2.86. The number of hydrogen-bond acceptors (Lipinski definition) is 5. The number of alkyl halides is 1. The number of aliphatic hydroxyl groups is 1. The van der Waals surface area contributed by atoms with Gasteiger partial charge in [0.15, 0.2) is 11.2 Å². The second-order valence-electron chi connectivity index (χ2n) is 14.2. The van der Waals surface area contributed by atoms with Crippen molar-refractivity contribution in [3.05, 3.63) is 0 Å². The van der Waals surface area contributed by atoms with E-state index in [1.807, 2.05) is 13.8 Å². The number of ketones is 1. The second kappa shape index (κ2) is 7.05. The number of carbonyl (C=O) groups is 2. The zero-order valence-corrected chi connectivity index (χ0v) is 23.0. The highest BCUT2D eigenvalue weighted by Gasteiger charge is 2.97. The van der Waals surface area contributed by atoms with Crippen LogP contribution in [0.1, 0.15) is 99.3 Å². The zero-order valence-electron chi connectivity index (χ0n) is 22.3. The summed E-state index contributed by atoms with van der Waals surface area (Å²) in [5, 5.41) is 10.5. The molecule has 0 aromatic heterocycles. The highest BCUT2D eigenvalue weighted by atomic mass is 35.5. The molecule has 0 radical (unpaired) electrons. The predicted molar refractivity (Wildman–Crippen MR) is 133 cm³/mol. The molecule has 2 heterocycles. The molecule has 6 fully saturated rings. The fourth-order valence-electron chi connectivity index (χ4n) is 10.7. The van der Waals surface area contributed by atoms with Crippen LogP contribution in [0.3, 0.4) is 0 Å². The SMILES string of the molecule is C[C@H](CCC(O)C(C)(C)Cl)[C@H]1CC[C@]23C(=O)O[C@]4(CC[C@]12C)[C@]31O[C@H]1C[C@H]1[C@H](C)C(=O)CC[C@@]14C. The van der Waals surface area contributed by atoms with Gasteiger partial charge >= 0.3 is 5.97 Å². The summed E-state index contributed by atoms with van der Waals surface area (Å²) in [6, 6.07) is 0. The lowest BCUT2D eigenvalue weighted by Crippen LogP contribution is -2.71. The van der Waals surface area contributed by atoms with Crippen molar-refractivity contribution in [2.75, 3.05) is 0 Å². The molecule has 2 bridgehead atoms. The van der Waals surface area contributed by atoms with Crippen molar-refractivity contribution >= 4 is 23.4 Å². The third-order valence-corrected chi connectivity index (χ3v) is 13.0. The molecular weight excluding hydrogens is 464 g/mol. The normalized spacial score (nSPS) is 53.7. The Kier molecular flexibility index (Phi) is 4.97. The van der Waals surface area contributed by atoms with Gasteiger partial charge in [-0.3, -0.25) is 9.59 Å². The fraction of sp³-hybridized carbons (Fsp3) is 0.931. The average molecular weight is 507 g/mol. The summed E-state index contributed by atoms with van der Waals surface area (Å²) < 4.78 is 13.5. The molecule has 1 unspecified atom stereocenters. The maximum Gasteiger partial charge on any atom is 0.316 e. The number of ether oxygens (including phenoxy) is 2. The zero-order chi connectivity index (χ0) is 25.4. The molecule has 5 nitrogen and oxygen atoms in total. The number of epoxide rings is 1. The summed E-state index contributed by atoms with van der Waals surface area (Å²) in [5.74, 6) is 1.31. The minimum Gasteiger partial charge on any atom is -0.455 e. The van der Waals surface area contributed by atoms with Crippen molar-refractivity contribution in [2.24, 2.45) is 39.9 Å². The van der Waals surface area contributed by atoms with Gasteiger partial charge in [0.1, 0.15) is 11.2 Å². The largest absolute Gasteiger partial charge is 0.455 e. The van der Waals surface area contributed by atoms with Crippen molar-refractivity contribution in [2.45, 2.75) is 128 Å². The molecule has 1 N–H and O–H groups in total. The van der Waals surface area contributed by atoms with E-state index >= 15 is 0 Å². The Morgan fingerprint density at radius 3 is 2.51 bits per heavy atom. The molecule has 0 aromatic rings. The van der Waals surface area contributed by atoms with Gasteiger partial charge in [-0.15, -0.1) is 11.6 Å². The van der Waals surface area contributed by atoms with Crippen molar-refractivity contribution < 1.29 is 24.2 Å². The third-order valence-electron chi connectivity index (χ3n) is 12.8. The highest BCUT2D eigenvalue weighted by molar-refractivity contribution is 6.23. The molecule has 11 atom stereocenters. The molecule has 2 spiro atoms. The molecule has 4 aliphatic carbocycles. The number of fused-ring (bicyclic) bond motifs is 1. The first-order valence-corrected chi connectivity index (χ1v) is 14.4. The van der Waals surface area contributed by atoms with E-state index in [2.05, 4.69) is 27.7 Å². The summed E-state index contributed by atoms with van der Waals surface area (Å²) in [4.78, 5) is 26.2. The van der Waals surface area contributed by atoms with Gasteiger partial charge in [0, 0.05) is 17.8 Å². The van der Waals surface area contributed by atoms with Crippen molar-refractivity contribution in [3.8, 4) is 0 Å². The van der Waals surface area contributed by atoms with Gasteiger partial charge in [0.25, 0.3) is 0 Å². The Labute approximate surface area is 215 Å². The first-order chi connectivity index (χ1) is 16.2. The molecule has 0 amide bonds. The summed E-state index contributed by atoms with van der Waals surface area (Å²) >= 11 is 6.37. The minimum atomic E-state index is -0.638. The number of rotatable bonds is 5. The van der Waals surface area contributed by atoms with Crippen LogP contribution in [0.25, 0.3) is 0 Å². The Balaban J connectivity index is 1.35. The van der Waals surface area contributed by atoms with E-state index in [4.69, 9.17) is 21.1 Å².